The Morgan fingerprint density at radius 3 is 2.91 bits per heavy atom. The molecule has 1 aromatic carbocycles. The van der Waals surface area contributed by atoms with Crippen LogP contribution in [0.4, 0.5) is 0 Å². The Balaban J connectivity index is 1.69. The maximum absolute atomic E-state index is 10.8. The van der Waals surface area contributed by atoms with Gasteiger partial charge < -0.3 is 10.2 Å². The van der Waals surface area contributed by atoms with Gasteiger partial charge in [-0.3, -0.25) is 0 Å². The van der Waals surface area contributed by atoms with Crippen LogP contribution in [0.3, 0.4) is 0 Å². The Kier molecular flexibility index (Phi) is 3.58. The Bertz CT molecular complexity index is 587. The molecule has 0 unspecified atom stereocenters. The maximum Gasteiger partial charge on any atom is 0.115 e. The molecule has 3 aliphatic carbocycles. The first-order valence-corrected chi connectivity index (χ1v) is 9.72. The van der Waals surface area contributed by atoms with E-state index in [4.69, 9.17) is 0 Å². The van der Waals surface area contributed by atoms with E-state index in [0.717, 1.165) is 24.6 Å². The molecule has 2 saturated carbocycles. The summed E-state index contributed by atoms with van der Waals surface area (Å²) >= 11 is 3.61. The number of hydrogen-bond acceptors (Lipinski definition) is 2. The van der Waals surface area contributed by atoms with Crippen LogP contribution in [0.2, 0.25) is 0 Å². The molecule has 2 nitrogen and oxygen atoms in total. The van der Waals surface area contributed by atoms with Gasteiger partial charge in [0.2, 0.25) is 0 Å². The minimum absolute atomic E-state index is 0.105. The molecule has 0 heterocycles. The van der Waals surface area contributed by atoms with Crippen LogP contribution < -0.4 is 0 Å². The van der Waals surface area contributed by atoms with Crippen LogP contribution >= 0.6 is 15.9 Å². The maximum atomic E-state index is 10.8. The molecule has 0 saturated heterocycles. The molecule has 0 radical (unpaired) electrons. The normalized spacial score (nSPS) is 43.3. The number of aliphatic hydroxyl groups excluding tert-OH is 1. The van der Waals surface area contributed by atoms with Crippen LogP contribution in [0.5, 0.6) is 5.75 Å². The highest BCUT2D eigenvalue weighted by molar-refractivity contribution is 9.09. The van der Waals surface area contributed by atoms with Crippen molar-refractivity contribution >= 4 is 15.9 Å². The average molecular weight is 365 g/mol. The third-order valence-corrected chi connectivity index (χ3v) is 7.86. The van der Waals surface area contributed by atoms with E-state index in [2.05, 4.69) is 28.9 Å². The van der Waals surface area contributed by atoms with E-state index in [9.17, 15) is 10.2 Å². The first-order chi connectivity index (χ1) is 10.5. The topological polar surface area (TPSA) is 40.5 Å². The number of alkyl halides is 1. The van der Waals surface area contributed by atoms with Gasteiger partial charge in [0.1, 0.15) is 5.75 Å². The molecule has 6 atom stereocenters. The van der Waals surface area contributed by atoms with Crippen molar-refractivity contribution in [2.45, 2.75) is 51.0 Å². The molecule has 4 rings (SSSR count). The molecule has 3 heteroatoms. The predicted molar refractivity (Wildman–Crippen MR) is 91.4 cm³/mol. The summed E-state index contributed by atoms with van der Waals surface area (Å²) in [6, 6.07) is 5.96. The summed E-state index contributed by atoms with van der Waals surface area (Å²) < 4.78 is 0. The monoisotopic (exact) mass is 364 g/mol. The van der Waals surface area contributed by atoms with Gasteiger partial charge in [0.05, 0.1) is 6.10 Å². The summed E-state index contributed by atoms with van der Waals surface area (Å²) in [7, 11) is 0. The molecule has 2 N–H and O–H groups in total. The van der Waals surface area contributed by atoms with Crippen molar-refractivity contribution in [1.82, 2.24) is 0 Å². The van der Waals surface area contributed by atoms with Gasteiger partial charge in [0.25, 0.3) is 0 Å². The Hall–Kier alpha value is -0.540. The second kappa shape index (κ2) is 5.24. The van der Waals surface area contributed by atoms with E-state index in [1.807, 2.05) is 12.1 Å². The van der Waals surface area contributed by atoms with Gasteiger partial charge in [0.15, 0.2) is 0 Å². The van der Waals surface area contributed by atoms with E-state index in [1.165, 1.54) is 24.0 Å². The predicted octanol–water partition coefficient (Wildman–Crippen LogP) is 4.23. The highest BCUT2D eigenvalue weighted by Gasteiger charge is 2.57. The van der Waals surface area contributed by atoms with Crippen molar-refractivity contribution in [3.8, 4) is 5.75 Å². The van der Waals surface area contributed by atoms with E-state index in [1.54, 1.807) is 0 Å². The SMILES string of the molecule is C[C@]12CC[C@@H]3c4ccc(O)cc4CC[C@H]3[C@@H]1C[C@@H](CBr)[C@H]2O. The summed E-state index contributed by atoms with van der Waals surface area (Å²) in [6.45, 7) is 2.33. The van der Waals surface area contributed by atoms with Gasteiger partial charge in [-0.15, -0.1) is 0 Å². The van der Waals surface area contributed by atoms with Crippen LogP contribution in [0.1, 0.15) is 49.7 Å². The van der Waals surface area contributed by atoms with Crippen molar-refractivity contribution in [3.63, 3.8) is 0 Å². The van der Waals surface area contributed by atoms with Gasteiger partial charge in [-0.05, 0) is 84.5 Å². The number of aliphatic hydroxyl groups is 1. The Morgan fingerprint density at radius 1 is 1.32 bits per heavy atom. The molecule has 0 spiro atoms. The third-order valence-electron chi connectivity index (χ3n) is 7.02. The zero-order chi connectivity index (χ0) is 15.5. The molecule has 2 fully saturated rings. The van der Waals surface area contributed by atoms with Crippen molar-refractivity contribution < 1.29 is 10.2 Å². The van der Waals surface area contributed by atoms with E-state index < -0.39 is 0 Å². The molecular formula is C19H25BrO2. The number of fused-ring (bicyclic) bond motifs is 5. The van der Waals surface area contributed by atoms with Crippen LogP contribution in [0, 0.1) is 23.2 Å². The number of benzene rings is 1. The number of aryl methyl sites for hydroxylation is 1. The number of phenols is 1. The number of hydrogen-bond donors (Lipinski definition) is 2. The third kappa shape index (κ3) is 2.01. The number of aromatic hydroxyl groups is 1. The van der Waals surface area contributed by atoms with Crippen molar-refractivity contribution in [2.75, 3.05) is 5.33 Å². The summed E-state index contributed by atoms with van der Waals surface area (Å²) in [4.78, 5) is 0. The van der Waals surface area contributed by atoms with Gasteiger partial charge in [0, 0.05) is 5.33 Å². The van der Waals surface area contributed by atoms with Gasteiger partial charge >= 0.3 is 0 Å². The Labute approximate surface area is 141 Å². The summed E-state index contributed by atoms with van der Waals surface area (Å²) in [5.74, 6) is 2.78. The molecule has 0 amide bonds. The van der Waals surface area contributed by atoms with Crippen molar-refractivity contribution in [3.05, 3.63) is 29.3 Å². The molecule has 3 aliphatic rings. The fourth-order valence-corrected chi connectivity index (χ4v) is 6.49. The minimum Gasteiger partial charge on any atom is -0.508 e. The molecular weight excluding hydrogens is 340 g/mol. The molecule has 1 aromatic rings. The zero-order valence-corrected chi connectivity index (χ0v) is 14.7. The highest BCUT2D eigenvalue weighted by Crippen LogP contribution is 2.62. The summed E-state index contributed by atoms with van der Waals surface area (Å²) in [5, 5.41) is 21.5. The van der Waals surface area contributed by atoms with Crippen LogP contribution in [0.15, 0.2) is 18.2 Å². The minimum atomic E-state index is -0.154. The molecule has 0 aliphatic heterocycles. The van der Waals surface area contributed by atoms with Crippen LogP contribution in [-0.4, -0.2) is 21.6 Å². The number of halogens is 1. The fourth-order valence-electron chi connectivity index (χ4n) is 5.87. The first-order valence-electron chi connectivity index (χ1n) is 8.60. The zero-order valence-electron chi connectivity index (χ0n) is 13.1. The lowest BCUT2D eigenvalue weighted by Gasteiger charge is -2.50. The molecule has 22 heavy (non-hydrogen) atoms. The van der Waals surface area contributed by atoms with Gasteiger partial charge in [-0.2, -0.15) is 0 Å². The quantitative estimate of drug-likeness (QED) is 0.732. The first kappa shape index (κ1) is 15.0. The van der Waals surface area contributed by atoms with Crippen LogP contribution in [-0.2, 0) is 6.42 Å². The van der Waals surface area contributed by atoms with Crippen molar-refractivity contribution in [2.24, 2.45) is 23.2 Å². The fraction of sp³-hybridized carbons (Fsp3) is 0.684. The van der Waals surface area contributed by atoms with E-state index >= 15 is 0 Å². The molecule has 0 bridgehead atoms. The smallest absolute Gasteiger partial charge is 0.115 e. The van der Waals surface area contributed by atoms with Crippen molar-refractivity contribution in [1.29, 1.82) is 0 Å². The molecule has 120 valence electrons. The van der Waals surface area contributed by atoms with Crippen LogP contribution in [0.25, 0.3) is 0 Å². The standard InChI is InChI=1S/C19H25BrO2/c1-19-7-6-15-14-5-3-13(21)8-11(14)2-4-16(15)17(19)9-12(10-20)18(19)22/h3,5,8,12,15-18,21-22H,2,4,6-7,9-10H2,1H3/t12-,15+,16+,17-,18+,19-/m0/s1. The molecule has 0 aromatic heterocycles. The number of rotatable bonds is 1. The second-order valence-electron chi connectivity index (χ2n) is 7.94. The average Bonchev–Trinajstić information content (AvgIpc) is 2.78. The number of phenolic OH excluding ortho intramolecular Hbond substituents is 1. The lowest BCUT2D eigenvalue weighted by atomic mass is 9.55. The summed E-state index contributed by atoms with van der Waals surface area (Å²) in [6.07, 6.45) is 5.61. The highest BCUT2D eigenvalue weighted by atomic mass is 79.9. The van der Waals surface area contributed by atoms with E-state index in [-0.39, 0.29) is 11.5 Å². The largest absolute Gasteiger partial charge is 0.508 e. The lowest BCUT2D eigenvalue weighted by molar-refractivity contribution is -0.0304. The van der Waals surface area contributed by atoms with Gasteiger partial charge in [-0.25, -0.2) is 0 Å². The second-order valence-corrected chi connectivity index (χ2v) is 8.59. The van der Waals surface area contributed by atoms with E-state index in [0.29, 0.717) is 29.4 Å². The lowest BCUT2D eigenvalue weighted by Crippen LogP contribution is -2.44. The summed E-state index contributed by atoms with van der Waals surface area (Å²) in [5.41, 5.74) is 2.92. The Morgan fingerprint density at radius 2 is 2.14 bits per heavy atom. The van der Waals surface area contributed by atoms with Gasteiger partial charge in [-0.1, -0.05) is 28.9 Å².